The zero-order chi connectivity index (χ0) is 15.7. The smallest absolute Gasteiger partial charge is 0.261 e. The van der Waals surface area contributed by atoms with Gasteiger partial charge in [0.2, 0.25) is 0 Å². The summed E-state index contributed by atoms with van der Waals surface area (Å²) in [5.41, 5.74) is 2.48. The molecule has 0 aliphatic heterocycles. The largest absolute Gasteiger partial charge is 0.358 e. The Morgan fingerprint density at radius 1 is 1.14 bits per heavy atom. The van der Waals surface area contributed by atoms with Gasteiger partial charge in [-0.1, -0.05) is 29.8 Å². The first-order valence-electron chi connectivity index (χ1n) is 6.61. The summed E-state index contributed by atoms with van der Waals surface area (Å²) < 4.78 is 27.5. The average Bonchev–Trinajstić information content (AvgIpc) is 2.91. The molecule has 0 unspecified atom stereocenters. The Hall–Kier alpha value is -2.78. The van der Waals surface area contributed by atoms with Gasteiger partial charge in [-0.3, -0.25) is 4.72 Å². The Morgan fingerprint density at radius 2 is 1.86 bits per heavy atom. The van der Waals surface area contributed by atoms with Crippen LogP contribution in [-0.4, -0.2) is 13.4 Å². The van der Waals surface area contributed by atoms with Crippen LogP contribution in [0.1, 0.15) is 11.1 Å². The minimum absolute atomic E-state index is 0.196. The maximum Gasteiger partial charge on any atom is 0.261 e. The zero-order valence-electron chi connectivity index (χ0n) is 11.8. The molecule has 0 aliphatic rings. The lowest BCUT2D eigenvalue weighted by atomic mass is 10.2. The summed E-state index contributed by atoms with van der Waals surface area (Å²) >= 11 is 0. The SMILES string of the molecule is Cc1ccc(S(=O)(=O)Nc2cccc3c(C#N)c[nH]c23)cc1. The van der Waals surface area contributed by atoms with Gasteiger partial charge >= 0.3 is 0 Å². The molecule has 0 radical (unpaired) electrons. The number of aromatic nitrogens is 1. The molecule has 0 saturated carbocycles. The Bertz CT molecular complexity index is 980. The molecule has 0 amide bonds. The van der Waals surface area contributed by atoms with Crippen LogP contribution in [0.2, 0.25) is 0 Å². The second-order valence-corrected chi connectivity index (χ2v) is 6.64. The van der Waals surface area contributed by atoms with Crippen molar-refractivity contribution in [2.24, 2.45) is 0 Å². The molecule has 3 rings (SSSR count). The van der Waals surface area contributed by atoms with Crippen molar-refractivity contribution in [2.45, 2.75) is 11.8 Å². The number of aromatic amines is 1. The number of hydrogen-bond acceptors (Lipinski definition) is 3. The number of fused-ring (bicyclic) bond motifs is 1. The summed E-state index contributed by atoms with van der Waals surface area (Å²) in [5, 5.41) is 9.73. The fourth-order valence-corrected chi connectivity index (χ4v) is 3.32. The Balaban J connectivity index is 2.04. The number of para-hydroxylation sites is 1. The van der Waals surface area contributed by atoms with E-state index in [1.165, 1.54) is 0 Å². The number of nitriles is 1. The third-order valence-corrected chi connectivity index (χ3v) is 4.79. The second kappa shape index (κ2) is 5.20. The van der Waals surface area contributed by atoms with Crippen LogP contribution in [0.25, 0.3) is 10.9 Å². The molecule has 0 aliphatic carbocycles. The van der Waals surface area contributed by atoms with Crippen molar-refractivity contribution in [2.75, 3.05) is 4.72 Å². The molecule has 5 nitrogen and oxygen atoms in total. The molecule has 0 bridgehead atoms. The molecule has 3 aromatic rings. The minimum atomic E-state index is -3.67. The predicted molar refractivity (Wildman–Crippen MR) is 85.0 cm³/mol. The highest BCUT2D eigenvalue weighted by molar-refractivity contribution is 7.92. The molecule has 0 atom stereocenters. The molecule has 1 aromatic heterocycles. The number of nitrogens with zero attached hydrogens (tertiary/aromatic N) is 1. The summed E-state index contributed by atoms with van der Waals surface area (Å²) in [6, 6.07) is 13.8. The highest BCUT2D eigenvalue weighted by Gasteiger charge is 2.16. The fraction of sp³-hybridized carbons (Fsp3) is 0.0625. The van der Waals surface area contributed by atoms with E-state index in [0.717, 1.165) is 5.56 Å². The molecular formula is C16H13N3O2S. The zero-order valence-corrected chi connectivity index (χ0v) is 12.6. The van der Waals surface area contributed by atoms with Gasteiger partial charge in [-0.15, -0.1) is 0 Å². The maximum absolute atomic E-state index is 12.4. The summed E-state index contributed by atoms with van der Waals surface area (Å²) in [5.74, 6) is 0. The van der Waals surface area contributed by atoms with Gasteiger partial charge in [-0.2, -0.15) is 5.26 Å². The first kappa shape index (κ1) is 14.2. The lowest BCUT2D eigenvalue weighted by Crippen LogP contribution is -2.13. The number of H-pyrrole nitrogens is 1. The van der Waals surface area contributed by atoms with E-state index in [1.807, 2.05) is 6.92 Å². The normalized spacial score (nSPS) is 11.3. The molecule has 110 valence electrons. The molecule has 2 aromatic carbocycles. The lowest BCUT2D eigenvalue weighted by Gasteiger charge is -2.09. The number of anilines is 1. The van der Waals surface area contributed by atoms with E-state index in [1.54, 1.807) is 48.7 Å². The third-order valence-electron chi connectivity index (χ3n) is 3.41. The molecule has 0 spiro atoms. The predicted octanol–water partition coefficient (Wildman–Crippen LogP) is 3.15. The summed E-state index contributed by atoms with van der Waals surface area (Å²) in [4.78, 5) is 3.14. The van der Waals surface area contributed by atoms with Crippen LogP contribution >= 0.6 is 0 Å². The van der Waals surface area contributed by atoms with Crippen LogP contribution in [-0.2, 0) is 10.0 Å². The van der Waals surface area contributed by atoms with Gasteiger partial charge in [0.05, 0.1) is 21.7 Å². The highest BCUT2D eigenvalue weighted by atomic mass is 32.2. The summed E-state index contributed by atoms with van der Waals surface area (Å²) in [6.07, 6.45) is 1.56. The van der Waals surface area contributed by atoms with E-state index in [9.17, 15) is 8.42 Å². The van der Waals surface area contributed by atoms with Crippen LogP contribution in [0.5, 0.6) is 0 Å². The minimum Gasteiger partial charge on any atom is -0.358 e. The average molecular weight is 311 g/mol. The maximum atomic E-state index is 12.4. The monoisotopic (exact) mass is 311 g/mol. The standard InChI is InChI=1S/C16H13N3O2S/c1-11-5-7-13(8-6-11)22(20,21)19-15-4-2-3-14-12(9-17)10-18-16(14)15/h2-8,10,18-19H,1H3. The fourth-order valence-electron chi connectivity index (χ4n) is 2.25. The number of hydrogen-bond donors (Lipinski definition) is 2. The van der Waals surface area contributed by atoms with Crippen molar-refractivity contribution in [3.8, 4) is 6.07 Å². The summed E-state index contributed by atoms with van der Waals surface area (Å²) in [6.45, 7) is 1.90. The number of sulfonamides is 1. The number of rotatable bonds is 3. The van der Waals surface area contributed by atoms with E-state index in [0.29, 0.717) is 22.2 Å². The summed E-state index contributed by atoms with van der Waals surface area (Å²) in [7, 11) is -3.67. The first-order valence-corrected chi connectivity index (χ1v) is 8.09. The Kier molecular flexibility index (Phi) is 3.35. The Morgan fingerprint density at radius 3 is 2.55 bits per heavy atom. The molecule has 0 saturated heterocycles. The molecule has 2 N–H and O–H groups in total. The molecular weight excluding hydrogens is 298 g/mol. The topological polar surface area (TPSA) is 85.8 Å². The van der Waals surface area contributed by atoms with Crippen molar-refractivity contribution in [3.63, 3.8) is 0 Å². The van der Waals surface area contributed by atoms with Gasteiger partial charge in [-0.25, -0.2) is 8.42 Å². The van der Waals surface area contributed by atoms with Crippen LogP contribution in [0.4, 0.5) is 5.69 Å². The third kappa shape index (κ3) is 2.43. The number of nitrogens with one attached hydrogen (secondary N) is 2. The van der Waals surface area contributed by atoms with Gasteiger partial charge < -0.3 is 4.98 Å². The number of benzene rings is 2. The van der Waals surface area contributed by atoms with E-state index < -0.39 is 10.0 Å². The van der Waals surface area contributed by atoms with Gasteiger partial charge in [-0.05, 0) is 25.1 Å². The highest BCUT2D eigenvalue weighted by Crippen LogP contribution is 2.27. The van der Waals surface area contributed by atoms with E-state index >= 15 is 0 Å². The molecule has 1 heterocycles. The van der Waals surface area contributed by atoms with Crippen molar-refractivity contribution in [3.05, 3.63) is 59.8 Å². The Labute approximate surface area is 128 Å². The second-order valence-electron chi connectivity index (χ2n) is 4.96. The van der Waals surface area contributed by atoms with Gasteiger partial charge in [0.1, 0.15) is 6.07 Å². The van der Waals surface area contributed by atoms with Gasteiger partial charge in [0, 0.05) is 11.6 Å². The van der Waals surface area contributed by atoms with E-state index in [4.69, 9.17) is 5.26 Å². The number of aryl methyl sites for hydroxylation is 1. The lowest BCUT2D eigenvalue weighted by molar-refractivity contribution is 0.601. The van der Waals surface area contributed by atoms with Crippen LogP contribution in [0.15, 0.2) is 53.6 Å². The van der Waals surface area contributed by atoms with Crippen LogP contribution in [0, 0.1) is 18.3 Å². The van der Waals surface area contributed by atoms with Gasteiger partial charge in [0.25, 0.3) is 10.0 Å². The quantitative estimate of drug-likeness (QED) is 0.779. The first-order chi connectivity index (χ1) is 10.5. The molecule has 0 fully saturated rings. The van der Waals surface area contributed by atoms with Crippen molar-refractivity contribution in [1.29, 1.82) is 5.26 Å². The molecule has 6 heteroatoms. The molecule has 22 heavy (non-hydrogen) atoms. The van der Waals surface area contributed by atoms with E-state index in [2.05, 4.69) is 15.8 Å². The van der Waals surface area contributed by atoms with Crippen molar-refractivity contribution in [1.82, 2.24) is 4.98 Å². The van der Waals surface area contributed by atoms with Gasteiger partial charge in [0.15, 0.2) is 0 Å². The van der Waals surface area contributed by atoms with E-state index in [-0.39, 0.29) is 4.90 Å². The van der Waals surface area contributed by atoms with Crippen LogP contribution in [0.3, 0.4) is 0 Å². The van der Waals surface area contributed by atoms with Crippen molar-refractivity contribution >= 4 is 26.6 Å². The van der Waals surface area contributed by atoms with Crippen LogP contribution < -0.4 is 4.72 Å². The van der Waals surface area contributed by atoms with Crippen molar-refractivity contribution < 1.29 is 8.42 Å².